The van der Waals surface area contributed by atoms with Crippen LogP contribution in [0.15, 0.2) is 18.2 Å². The zero-order chi connectivity index (χ0) is 15.4. The van der Waals surface area contributed by atoms with Gasteiger partial charge < -0.3 is 20.9 Å². The maximum absolute atomic E-state index is 11.6. The SMILES string of the molecule is NCCc1ccc2c(c1)CC(CCCB(O)O)C2C(=O)O. The normalized spacial score (nSPS) is 20.3. The van der Waals surface area contributed by atoms with E-state index in [4.69, 9.17) is 15.8 Å². The van der Waals surface area contributed by atoms with Gasteiger partial charge >= 0.3 is 13.1 Å². The van der Waals surface area contributed by atoms with Crippen LogP contribution in [0, 0.1) is 5.92 Å². The van der Waals surface area contributed by atoms with E-state index in [1.54, 1.807) is 0 Å². The van der Waals surface area contributed by atoms with Crippen LogP contribution < -0.4 is 5.73 Å². The average molecular weight is 291 g/mol. The summed E-state index contributed by atoms with van der Waals surface area (Å²) >= 11 is 0. The minimum atomic E-state index is -1.31. The molecule has 5 nitrogen and oxygen atoms in total. The molecule has 0 amide bonds. The first-order chi connectivity index (χ1) is 10.0. The van der Waals surface area contributed by atoms with Crippen LogP contribution in [0.25, 0.3) is 0 Å². The molecule has 21 heavy (non-hydrogen) atoms. The third-order valence-electron chi connectivity index (χ3n) is 4.23. The number of carboxylic acid groups (broad SMARTS) is 1. The lowest BCUT2D eigenvalue weighted by molar-refractivity contribution is -0.139. The monoisotopic (exact) mass is 291 g/mol. The smallest absolute Gasteiger partial charge is 0.451 e. The maximum Gasteiger partial charge on any atom is 0.451 e. The molecule has 1 aliphatic carbocycles. The van der Waals surface area contributed by atoms with Gasteiger partial charge in [-0.3, -0.25) is 4.79 Å². The highest BCUT2D eigenvalue weighted by Crippen LogP contribution is 2.41. The zero-order valence-corrected chi connectivity index (χ0v) is 12.0. The van der Waals surface area contributed by atoms with Gasteiger partial charge in [-0.25, -0.2) is 0 Å². The standard InChI is InChI=1S/C15H22BNO4/c17-7-5-10-3-4-13-12(8-10)9-11(14(13)15(18)19)2-1-6-16(20)21/h3-4,8,11,14,20-21H,1-2,5-7,9,17H2,(H,18,19). The van der Waals surface area contributed by atoms with E-state index < -0.39 is 19.0 Å². The van der Waals surface area contributed by atoms with Crippen LogP contribution in [-0.2, 0) is 17.6 Å². The van der Waals surface area contributed by atoms with E-state index in [0.717, 1.165) is 29.5 Å². The number of hydrogen-bond acceptors (Lipinski definition) is 4. The van der Waals surface area contributed by atoms with Gasteiger partial charge in [-0.05, 0) is 54.7 Å². The fourth-order valence-corrected chi connectivity index (χ4v) is 3.28. The Morgan fingerprint density at radius 3 is 2.76 bits per heavy atom. The molecule has 114 valence electrons. The molecular formula is C15H22BNO4. The predicted octanol–water partition coefficient (Wildman–Crippen LogP) is 0.781. The van der Waals surface area contributed by atoms with Crippen LogP contribution in [0.4, 0.5) is 0 Å². The van der Waals surface area contributed by atoms with Gasteiger partial charge in [-0.2, -0.15) is 0 Å². The number of hydrogen-bond donors (Lipinski definition) is 4. The van der Waals surface area contributed by atoms with Crippen molar-refractivity contribution in [3.63, 3.8) is 0 Å². The quantitative estimate of drug-likeness (QED) is 0.556. The zero-order valence-electron chi connectivity index (χ0n) is 12.0. The van der Waals surface area contributed by atoms with Crippen LogP contribution in [0.3, 0.4) is 0 Å². The lowest BCUT2D eigenvalue weighted by atomic mass is 9.80. The molecule has 2 unspecified atom stereocenters. The third-order valence-corrected chi connectivity index (χ3v) is 4.23. The number of aliphatic carboxylic acids is 1. The molecule has 5 N–H and O–H groups in total. The van der Waals surface area contributed by atoms with Crippen LogP contribution in [0.5, 0.6) is 0 Å². The summed E-state index contributed by atoms with van der Waals surface area (Å²) in [6.45, 7) is 0.582. The van der Waals surface area contributed by atoms with E-state index in [9.17, 15) is 9.90 Å². The topological polar surface area (TPSA) is 104 Å². The van der Waals surface area contributed by atoms with Gasteiger partial charge in [0.2, 0.25) is 0 Å². The molecule has 0 saturated heterocycles. The van der Waals surface area contributed by atoms with E-state index in [2.05, 4.69) is 6.07 Å². The summed E-state index contributed by atoms with van der Waals surface area (Å²) in [4.78, 5) is 11.6. The molecule has 1 aromatic rings. The van der Waals surface area contributed by atoms with Gasteiger partial charge in [-0.1, -0.05) is 24.6 Å². The van der Waals surface area contributed by atoms with Crippen molar-refractivity contribution < 1.29 is 19.9 Å². The predicted molar refractivity (Wildman–Crippen MR) is 81.0 cm³/mol. The van der Waals surface area contributed by atoms with E-state index >= 15 is 0 Å². The Bertz CT molecular complexity index is 506. The van der Waals surface area contributed by atoms with Crippen LogP contribution in [0.2, 0.25) is 6.32 Å². The Hall–Kier alpha value is -1.37. The minimum absolute atomic E-state index is 0.0318. The highest BCUT2D eigenvalue weighted by atomic mass is 16.4. The van der Waals surface area contributed by atoms with E-state index in [1.807, 2.05) is 12.1 Å². The van der Waals surface area contributed by atoms with Crippen molar-refractivity contribution in [1.82, 2.24) is 0 Å². The van der Waals surface area contributed by atoms with Crippen molar-refractivity contribution >= 4 is 13.1 Å². The number of fused-ring (bicyclic) bond motifs is 1. The summed E-state index contributed by atoms with van der Waals surface area (Å²) in [5.74, 6) is -1.25. The van der Waals surface area contributed by atoms with Crippen molar-refractivity contribution in [2.45, 2.75) is 37.9 Å². The van der Waals surface area contributed by atoms with Crippen LogP contribution in [0.1, 0.15) is 35.4 Å². The fraction of sp³-hybridized carbons (Fsp3) is 0.533. The van der Waals surface area contributed by atoms with Crippen molar-refractivity contribution in [2.24, 2.45) is 11.7 Å². The summed E-state index contributed by atoms with van der Waals surface area (Å²) in [7, 11) is -1.31. The number of rotatable bonds is 7. The second-order valence-electron chi connectivity index (χ2n) is 5.76. The maximum atomic E-state index is 11.6. The van der Waals surface area contributed by atoms with Gasteiger partial charge in [0, 0.05) is 0 Å². The van der Waals surface area contributed by atoms with E-state index in [-0.39, 0.29) is 12.2 Å². The molecule has 1 aromatic carbocycles. The summed E-state index contributed by atoms with van der Waals surface area (Å²) < 4.78 is 0. The molecule has 0 bridgehead atoms. The first-order valence-corrected chi connectivity index (χ1v) is 7.43. The van der Waals surface area contributed by atoms with Crippen molar-refractivity contribution in [3.8, 4) is 0 Å². The Balaban J connectivity index is 2.12. The molecule has 2 atom stereocenters. The van der Waals surface area contributed by atoms with Crippen LogP contribution in [-0.4, -0.2) is 34.8 Å². The molecule has 0 aliphatic heterocycles. The van der Waals surface area contributed by atoms with Gasteiger partial charge in [0.25, 0.3) is 0 Å². The van der Waals surface area contributed by atoms with Gasteiger partial charge in [0.15, 0.2) is 0 Å². The lowest BCUT2D eigenvalue weighted by Crippen LogP contribution is -2.18. The third kappa shape index (κ3) is 3.84. The van der Waals surface area contributed by atoms with E-state index in [1.165, 1.54) is 0 Å². The first kappa shape index (κ1) is 16.0. The van der Waals surface area contributed by atoms with Gasteiger partial charge in [-0.15, -0.1) is 0 Å². The Morgan fingerprint density at radius 2 is 2.14 bits per heavy atom. The molecule has 6 heteroatoms. The molecule has 0 fully saturated rings. The second-order valence-corrected chi connectivity index (χ2v) is 5.76. The molecule has 0 radical (unpaired) electrons. The molecular weight excluding hydrogens is 269 g/mol. The van der Waals surface area contributed by atoms with Crippen molar-refractivity contribution in [3.05, 3.63) is 34.9 Å². The minimum Gasteiger partial charge on any atom is -0.481 e. The molecule has 0 saturated carbocycles. The number of carboxylic acids is 1. The second kappa shape index (κ2) is 7.07. The summed E-state index contributed by atoms with van der Waals surface area (Å²) in [6.07, 6.45) is 3.14. The van der Waals surface area contributed by atoms with E-state index in [0.29, 0.717) is 19.4 Å². The Kier molecular flexibility index (Phi) is 5.39. The lowest BCUT2D eigenvalue weighted by Gasteiger charge is -2.16. The largest absolute Gasteiger partial charge is 0.481 e. The first-order valence-electron chi connectivity index (χ1n) is 7.43. The molecule has 0 heterocycles. The Labute approximate surface area is 124 Å². The van der Waals surface area contributed by atoms with Crippen LogP contribution >= 0.6 is 0 Å². The summed E-state index contributed by atoms with van der Waals surface area (Å²) in [6, 6.07) is 5.94. The average Bonchev–Trinajstić information content (AvgIpc) is 2.76. The molecule has 2 rings (SSSR count). The van der Waals surface area contributed by atoms with Crippen molar-refractivity contribution in [2.75, 3.05) is 6.54 Å². The highest BCUT2D eigenvalue weighted by molar-refractivity contribution is 6.40. The molecule has 0 spiro atoms. The Morgan fingerprint density at radius 1 is 1.38 bits per heavy atom. The van der Waals surface area contributed by atoms with Gasteiger partial charge in [0.05, 0.1) is 5.92 Å². The fourth-order valence-electron chi connectivity index (χ4n) is 3.28. The molecule has 1 aliphatic rings. The highest BCUT2D eigenvalue weighted by Gasteiger charge is 2.37. The number of carbonyl (C=O) groups is 1. The van der Waals surface area contributed by atoms with Crippen molar-refractivity contribution in [1.29, 1.82) is 0 Å². The summed E-state index contributed by atoms with van der Waals surface area (Å²) in [5, 5.41) is 27.3. The number of benzene rings is 1. The number of nitrogens with two attached hydrogens (primary N) is 1. The van der Waals surface area contributed by atoms with Gasteiger partial charge in [0.1, 0.15) is 0 Å². The summed E-state index contributed by atoms with van der Waals surface area (Å²) in [5.41, 5.74) is 8.71. The molecule has 0 aromatic heterocycles.